The fourth-order valence-electron chi connectivity index (χ4n) is 2.77. The van der Waals surface area contributed by atoms with Gasteiger partial charge in [-0.05, 0) is 24.8 Å². The van der Waals surface area contributed by atoms with Crippen LogP contribution in [0, 0.1) is 5.92 Å². The lowest BCUT2D eigenvalue weighted by molar-refractivity contribution is -0.125. The Labute approximate surface area is 115 Å². The predicted molar refractivity (Wildman–Crippen MR) is 77.7 cm³/mol. The van der Waals surface area contributed by atoms with Crippen LogP contribution in [-0.2, 0) is 11.2 Å². The molecule has 1 aromatic rings. The average Bonchev–Trinajstić information content (AvgIpc) is 2.64. The van der Waals surface area contributed by atoms with E-state index in [1.54, 1.807) is 0 Å². The quantitative estimate of drug-likeness (QED) is 0.816. The molecular formula is C16H24N2O. The largest absolute Gasteiger partial charge is 0.355 e. The van der Waals surface area contributed by atoms with Crippen LogP contribution < -0.4 is 11.1 Å². The highest BCUT2D eigenvalue weighted by Crippen LogP contribution is 2.22. The number of carbonyl (C=O) groups excluding carboxylic acids is 1. The van der Waals surface area contributed by atoms with Crippen LogP contribution in [-0.4, -0.2) is 18.5 Å². The van der Waals surface area contributed by atoms with Crippen molar-refractivity contribution in [3.05, 3.63) is 35.9 Å². The highest BCUT2D eigenvalue weighted by Gasteiger charge is 2.26. The molecular weight excluding hydrogens is 236 g/mol. The second-order valence-corrected chi connectivity index (χ2v) is 5.43. The lowest BCUT2D eigenvalue weighted by atomic mass is 9.94. The van der Waals surface area contributed by atoms with Gasteiger partial charge >= 0.3 is 0 Å². The number of hydrogen-bond donors (Lipinski definition) is 2. The maximum absolute atomic E-state index is 12.2. The number of nitrogens with two attached hydrogens (primary N) is 1. The van der Waals surface area contributed by atoms with Crippen molar-refractivity contribution in [1.82, 2.24) is 5.32 Å². The van der Waals surface area contributed by atoms with Gasteiger partial charge in [-0.25, -0.2) is 0 Å². The average molecular weight is 260 g/mol. The van der Waals surface area contributed by atoms with Gasteiger partial charge in [-0.15, -0.1) is 0 Å². The molecule has 3 nitrogen and oxygen atoms in total. The van der Waals surface area contributed by atoms with Gasteiger partial charge in [-0.1, -0.05) is 49.6 Å². The minimum Gasteiger partial charge on any atom is -0.355 e. The fourth-order valence-corrected chi connectivity index (χ4v) is 2.77. The first-order valence-electron chi connectivity index (χ1n) is 7.34. The van der Waals surface area contributed by atoms with Gasteiger partial charge in [0.05, 0.1) is 5.92 Å². The van der Waals surface area contributed by atoms with Crippen LogP contribution in [0.5, 0.6) is 0 Å². The van der Waals surface area contributed by atoms with Crippen molar-refractivity contribution in [2.24, 2.45) is 11.7 Å². The molecule has 2 atom stereocenters. The van der Waals surface area contributed by atoms with Gasteiger partial charge in [0.15, 0.2) is 0 Å². The summed E-state index contributed by atoms with van der Waals surface area (Å²) in [6.45, 7) is 0.700. The number of nitrogens with one attached hydrogen (secondary N) is 1. The summed E-state index contributed by atoms with van der Waals surface area (Å²) in [5, 5.41) is 3.04. The molecule has 1 aliphatic carbocycles. The highest BCUT2D eigenvalue weighted by molar-refractivity contribution is 5.79. The van der Waals surface area contributed by atoms with Gasteiger partial charge in [0, 0.05) is 12.6 Å². The van der Waals surface area contributed by atoms with Gasteiger partial charge in [0.25, 0.3) is 0 Å². The number of carbonyl (C=O) groups is 1. The first-order chi connectivity index (χ1) is 9.27. The maximum Gasteiger partial charge on any atom is 0.224 e. The van der Waals surface area contributed by atoms with E-state index in [1.165, 1.54) is 12.0 Å². The summed E-state index contributed by atoms with van der Waals surface area (Å²) in [7, 11) is 0. The third kappa shape index (κ3) is 4.35. The van der Waals surface area contributed by atoms with E-state index in [-0.39, 0.29) is 17.9 Å². The van der Waals surface area contributed by atoms with E-state index in [1.807, 2.05) is 18.2 Å². The van der Waals surface area contributed by atoms with Crippen LogP contribution in [0.15, 0.2) is 30.3 Å². The zero-order chi connectivity index (χ0) is 13.5. The van der Waals surface area contributed by atoms with E-state index < -0.39 is 0 Å². The second-order valence-electron chi connectivity index (χ2n) is 5.43. The molecule has 0 heterocycles. The maximum atomic E-state index is 12.2. The second kappa shape index (κ2) is 7.29. The molecule has 1 amide bonds. The number of benzene rings is 1. The fraction of sp³-hybridized carbons (Fsp3) is 0.562. The molecule has 1 aromatic carbocycles. The van der Waals surface area contributed by atoms with E-state index >= 15 is 0 Å². The van der Waals surface area contributed by atoms with Crippen molar-refractivity contribution in [2.45, 2.75) is 44.6 Å². The SMILES string of the molecule is NC1CCCCCC1C(=O)NCCc1ccccc1. The van der Waals surface area contributed by atoms with Crippen LogP contribution >= 0.6 is 0 Å². The third-order valence-corrected chi connectivity index (χ3v) is 3.96. The summed E-state index contributed by atoms with van der Waals surface area (Å²) in [6, 6.07) is 10.3. The Balaban J connectivity index is 1.77. The van der Waals surface area contributed by atoms with Crippen LogP contribution in [0.2, 0.25) is 0 Å². The van der Waals surface area contributed by atoms with Gasteiger partial charge < -0.3 is 11.1 Å². The molecule has 1 fully saturated rings. The van der Waals surface area contributed by atoms with E-state index in [0.29, 0.717) is 6.54 Å². The minimum atomic E-state index is 0.0123. The molecule has 3 heteroatoms. The Morgan fingerprint density at radius 1 is 1.16 bits per heavy atom. The van der Waals surface area contributed by atoms with Crippen molar-refractivity contribution in [3.63, 3.8) is 0 Å². The van der Waals surface area contributed by atoms with Crippen molar-refractivity contribution >= 4 is 5.91 Å². The molecule has 19 heavy (non-hydrogen) atoms. The van der Waals surface area contributed by atoms with Gasteiger partial charge in [-0.3, -0.25) is 4.79 Å². The van der Waals surface area contributed by atoms with Crippen LogP contribution in [0.1, 0.15) is 37.7 Å². The molecule has 104 valence electrons. The molecule has 2 rings (SSSR count). The summed E-state index contributed by atoms with van der Waals surface area (Å²) in [4.78, 5) is 12.2. The first kappa shape index (κ1) is 14.1. The number of amides is 1. The van der Waals surface area contributed by atoms with E-state index in [4.69, 9.17) is 5.73 Å². The van der Waals surface area contributed by atoms with Crippen LogP contribution in [0.25, 0.3) is 0 Å². The topological polar surface area (TPSA) is 55.1 Å². The number of rotatable bonds is 4. The minimum absolute atomic E-state index is 0.0123. The zero-order valence-electron chi connectivity index (χ0n) is 11.5. The lowest BCUT2D eigenvalue weighted by Crippen LogP contribution is -2.41. The summed E-state index contributed by atoms with van der Waals surface area (Å²) < 4.78 is 0. The number of hydrogen-bond acceptors (Lipinski definition) is 2. The molecule has 0 saturated heterocycles. The van der Waals surface area contributed by atoms with Gasteiger partial charge in [0.1, 0.15) is 0 Å². The first-order valence-corrected chi connectivity index (χ1v) is 7.34. The van der Waals surface area contributed by atoms with Crippen molar-refractivity contribution < 1.29 is 4.79 Å². The predicted octanol–water partition coefficient (Wildman–Crippen LogP) is 2.25. The Morgan fingerprint density at radius 3 is 2.68 bits per heavy atom. The summed E-state index contributed by atoms with van der Waals surface area (Å²) in [5.74, 6) is 0.156. The van der Waals surface area contributed by atoms with E-state index in [0.717, 1.165) is 32.1 Å². The summed E-state index contributed by atoms with van der Waals surface area (Å²) in [6.07, 6.45) is 6.31. The highest BCUT2D eigenvalue weighted by atomic mass is 16.1. The molecule has 0 radical (unpaired) electrons. The molecule has 2 unspecified atom stereocenters. The Bertz CT molecular complexity index is 391. The standard InChI is InChI=1S/C16H24N2O/c17-15-10-6-2-5-9-14(15)16(19)18-12-11-13-7-3-1-4-8-13/h1,3-4,7-8,14-15H,2,5-6,9-12,17H2,(H,18,19). The van der Waals surface area contributed by atoms with E-state index in [9.17, 15) is 4.79 Å². The Morgan fingerprint density at radius 2 is 1.89 bits per heavy atom. The molecule has 1 saturated carbocycles. The molecule has 0 bridgehead atoms. The van der Waals surface area contributed by atoms with Crippen LogP contribution in [0.3, 0.4) is 0 Å². The molecule has 0 aromatic heterocycles. The van der Waals surface area contributed by atoms with Gasteiger partial charge in [-0.2, -0.15) is 0 Å². The molecule has 3 N–H and O–H groups in total. The van der Waals surface area contributed by atoms with Crippen molar-refractivity contribution in [1.29, 1.82) is 0 Å². The lowest BCUT2D eigenvalue weighted by Gasteiger charge is -2.20. The Hall–Kier alpha value is -1.35. The molecule has 0 spiro atoms. The smallest absolute Gasteiger partial charge is 0.224 e. The normalized spacial score (nSPS) is 23.6. The Kier molecular flexibility index (Phi) is 5.40. The van der Waals surface area contributed by atoms with Gasteiger partial charge in [0.2, 0.25) is 5.91 Å². The van der Waals surface area contributed by atoms with Crippen molar-refractivity contribution in [3.8, 4) is 0 Å². The van der Waals surface area contributed by atoms with E-state index in [2.05, 4.69) is 17.4 Å². The summed E-state index contributed by atoms with van der Waals surface area (Å²) >= 11 is 0. The third-order valence-electron chi connectivity index (χ3n) is 3.96. The van der Waals surface area contributed by atoms with Crippen molar-refractivity contribution in [2.75, 3.05) is 6.54 Å². The molecule has 1 aliphatic rings. The summed E-state index contributed by atoms with van der Waals surface area (Å²) in [5.41, 5.74) is 7.36. The zero-order valence-corrected chi connectivity index (χ0v) is 11.5. The van der Waals surface area contributed by atoms with Crippen LogP contribution in [0.4, 0.5) is 0 Å². The molecule has 0 aliphatic heterocycles. The monoisotopic (exact) mass is 260 g/mol.